The molecule has 1 fully saturated rings. The fraction of sp³-hybridized carbons (Fsp3) is 0.583. The van der Waals surface area contributed by atoms with Crippen LogP contribution in [0.5, 0.6) is 0 Å². The minimum absolute atomic E-state index is 0.220. The summed E-state index contributed by atoms with van der Waals surface area (Å²) in [5.41, 5.74) is 5.05. The zero-order valence-corrected chi connectivity index (χ0v) is 10.9. The molecule has 1 aliphatic rings. The van der Waals surface area contributed by atoms with Crippen molar-refractivity contribution in [1.29, 1.82) is 0 Å². The summed E-state index contributed by atoms with van der Waals surface area (Å²) in [5, 5.41) is 5.41. The molecular weight excluding hydrogens is 234 g/mol. The van der Waals surface area contributed by atoms with Crippen molar-refractivity contribution in [2.45, 2.75) is 24.9 Å². The molecule has 0 bridgehead atoms. The van der Waals surface area contributed by atoms with E-state index in [1.54, 1.807) is 11.3 Å². The molecule has 17 heavy (non-hydrogen) atoms. The van der Waals surface area contributed by atoms with Gasteiger partial charge in [0.15, 0.2) is 0 Å². The Labute approximate surface area is 106 Å². The highest BCUT2D eigenvalue weighted by Gasteiger charge is 2.38. The highest BCUT2D eigenvalue weighted by molar-refractivity contribution is 7.09. The topological polar surface area (TPSA) is 58.4 Å². The lowest BCUT2D eigenvalue weighted by Gasteiger charge is -2.38. The second-order valence-corrected chi connectivity index (χ2v) is 5.71. The second-order valence-electron chi connectivity index (χ2n) is 4.68. The zero-order valence-electron chi connectivity index (χ0n) is 10.1. The SMILES string of the molecule is CN1CCC(NCc2cccs2)(C(N)=O)CC1. The molecular formula is C12H19N3OS. The summed E-state index contributed by atoms with van der Waals surface area (Å²) in [6, 6.07) is 4.09. The molecule has 1 aliphatic heterocycles. The van der Waals surface area contributed by atoms with Crippen LogP contribution in [-0.4, -0.2) is 36.5 Å². The van der Waals surface area contributed by atoms with E-state index in [4.69, 9.17) is 5.73 Å². The van der Waals surface area contributed by atoms with Crippen LogP contribution in [0.15, 0.2) is 17.5 Å². The number of nitrogens with zero attached hydrogens (tertiary/aromatic N) is 1. The van der Waals surface area contributed by atoms with Crippen molar-refractivity contribution in [1.82, 2.24) is 10.2 Å². The third-order valence-corrected chi connectivity index (χ3v) is 4.37. The number of piperidine rings is 1. The van der Waals surface area contributed by atoms with Crippen LogP contribution < -0.4 is 11.1 Å². The largest absolute Gasteiger partial charge is 0.368 e. The minimum Gasteiger partial charge on any atom is -0.368 e. The maximum Gasteiger partial charge on any atom is 0.237 e. The predicted octanol–water partition coefficient (Wildman–Crippen LogP) is 0.787. The molecule has 2 rings (SSSR count). The van der Waals surface area contributed by atoms with E-state index in [1.165, 1.54) is 4.88 Å². The summed E-state index contributed by atoms with van der Waals surface area (Å²) in [6.45, 7) is 2.56. The summed E-state index contributed by atoms with van der Waals surface area (Å²) >= 11 is 1.70. The van der Waals surface area contributed by atoms with E-state index in [9.17, 15) is 4.79 Å². The normalized spacial score (nSPS) is 20.3. The molecule has 2 heterocycles. The van der Waals surface area contributed by atoms with Crippen molar-refractivity contribution in [3.05, 3.63) is 22.4 Å². The Morgan fingerprint density at radius 2 is 2.29 bits per heavy atom. The number of thiophene rings is 1. The van der Waals surface area contributed by atoms with E-state index in [0.29, 0.717) is 0 Å². The molecule has 1 aromatic heterocycles. The van der Waals surface area contributed by atoms with E-state index >= 15 is 0 Å². The molecule has 0 spiro atoms. The summed E-state index contributed by atoms with van der Waals surface area (Å²) in [7, 11) is 2.07. The monoisotopic (exact) mass is 253 g/mol. The van der Waals surface area contributed by atoms with Gasteiger partial charge in [0, 0.05) is 24.5 Å². The third-order valence-electron chi connectivity index (χ3n) is 3.49. The first-order valence-corrected chi connectivity index (χ1v) is 6.76. The van der Waals surface area contributed by atoms with Crippen molar-refractivity contribution in [3.8, 4) is 0 Å². The predicted molar refractivity (Wildman–Crippen MR) is 69.8 cm³/mol. The maximum atomic E-state index is 11.7. The number of nitrogens with one attached hydrogen (secondary N) is 1. The Hall–Kier alpha value is -0.910. The first kappa shape index (κ1) is 12.5. The second kappa shape index (κ2) is 5.16. The Kier molecular flexibility index (Phi) is 3.81. The van der Waals surface area contributed by atoms with Crippen molar-refractivity contribution in [2.75, 3.05) is 20.1 Å². The number of likely N-dealkylation sites (tertiary alicyclic amines) is 1. The van der Waals surface area contributed by atoms with Gasteiger partial charge < -0.3 is 10.6 Å². The number of primary amides is 1. The molecule has 1 saturated heterocycles. The van der Waals surface area contributed by atoms with Crippen LogP contribution in [-0.2, 0) is 11.3 Å². The number of rotatable bonds is 4. The van der Waals surface area contributed by atoms with Crippen LogP contribution in [0.1, 0.15) is 17.7 Å². The van der Waals surface area contributed by atoms with Crippen molar-refractivity contribution in [3.63, 3.8) is 0 Å². The highest BCUT2D eigenvalue weighted by Crippen LogP contribution is 2.22. The van der Waals surface area contributed by atoms with Crippen LogP contribution in [0.3, 0.4) is 0 Å². The van der Waals surface area contributed by atoms with Gasteiger partial charge in [0.1, 0.15) is 5.54 Å². The summed E-state index contributed by atoms with van der Waals surface area (Å²) in [5.74, 6) is -0.220. The summed E-state index contributed by atoms with van der Waals surface area (Å²) in [4.78, 5) is 15.2. The first-order valence-electron chi connectivity index (χ1n) is 5.88. The lowest BCUT2D eigenvalue weighted by atomic mass is 9.87. The molecule has 0 aliphatic carbocycles. The fourth-order valence-electron chi connectivity index (χ4n) is 2.18. The van der Waals surface area contributed by atoms with Crippen molar-refractivity contribution in [2.24, 2.45) is 5.73 Å². The number of carbonyl (C=O) groups excluding carboxylic acids is 1. The van der Waals surface area contributed by atoms with Gasteiger partial charge in [0.25, 0.3) is 0 Å². The van der Waals surface area contributed by atoms with Crippen LogP contribution >= 0.6 is 11.3 Å². The number of hydrogen-bond acceptors (Lipinski definition) is 4. The standard InChI is InChI=1S/C12H19N3OS/c1-15-6-4-12(5-7-15,11(13)16)14-9-10-3-2-8-17-10/h2-3,8,14H,4-7,9H2,1H3,(H2,13,16). The molecule has 1 amide bonds. The van der Waals surface area contributed by atoms with Crippen molar-refractivity contribution >= 4 is 17.2 Å². The Balaban J connectivity index is 2.00. The van der Waals surface area contributed by atoms with Gasteiger partial charge in [-0.05, 0) is 31.3 Å². The number of carbonyl (C=O) groups is 1. The van der Waals surface area contributed by atoms with Gasteiger partial charge in [0.2, 0.25) is 5.91 Å². The molecule has 0 saturated carbocycles. The highest BCUT2D eigenvalue weighted by atomic mass is 32.1. The van der Waals surface area contributed by atoms with Gasteiger partial charge in [0.05, 0.1) is 0 Å². The quantitative estimate of drug-likeness (QED) is 0.834. The summed E-state index contributed by atoms with van der Waals surface area (Å²) in [6.07, 6.45) is 1.59. The van der Waals surface area contributed by atoms with E-state index in [1.807, 2.05) is 11.4 Å². The molecule has 3 N–H and O–H groups in total. The van der Waals surface area contributed by atoms with Gasteiger partial charge in [-0.2, -0.15) is 0 Å². The maximum absolute atomic E-state index is 11.7. The third kappa shape index (κ3) is 2.86. The minimum atomic E-state index is -0.517. The molecule has 0 aromatic carbocycles. The van der Waals surface area contributed by atoms with E-state index in [0.717, 1.165) is 32.5 Å². The fourth-order valence-corrected chi connectivity index (χ4v) is 2.82. The first-order chi connectivity index (χ1) is 8.12. The lowest BCUT2D eigenvalue weighted by molar-refractivity contribution is -0.126. The molecule has 4 nitrogen and oxygen atoms in total. The molecule has 1 aromatic rings. The van der Waals surface area contributed by atoms with Gasteiger partial charge >= 0.3 is 0 Å². The van der Waals surface area contributed by atoms with Crippen molar-refractivity contribution < 1.29 is 4.79 Å². The number of hydrogen-bond donors (Lipinski definition) is 2. The Bertz CT molecular complexity index is 369. The average molecular weight is 253 g/mol. The smallest absolute Gasteiger partial charge is 0.237 e. The lowest BCUT2D eigenvalue weighted by Crippen LogP contribution is -2.60. The van der Waals surface area contributed by atoms with Crippen LogP contribution in [0.25, 0.3) is 0 Å². The molecule has 0 unspecified atom stereocenters. The number of amides is 1. The van der Waals surface area contributed by atoms with Crippen LogP contribution in [0.2, 0.25) is 0 Å². The van der Waals surface area contributed by atoms with Gasteiger partial charge in [-0.1, -0.05) is 6.07 Å². The molecule has 0 radical (unpaired) electrons. The van der Waals surface area contributed by atoms with E-state index in [2.05, 4.69) is 23.3 Å². The van der Waals surface area contributed by atoms with Crippen LogP contribution in [0.4, 0.5) is 0 Å². The van der Waals surface area contributed by atoms with E-state index < -0.39 is 5.54 Å². The zero-order chi connectivity index (χ0) is 12.3. The van der Waals surface area contributed by atoms with Crippen LogP contribution in [0, 0.1) is 0 Å². The van der Waals surface area contributed by atoms with E-state index in [-0.39, 0.29) is 5.91 Å². The Morgan fingerprint density at radius 3 is 2.82 bits per heavy atom. The number of nitrogens with two attached hydrogens (primary N) is 1. The summed E-state index contributed by atoms with van der Waals surface area (Å²) < 4.78 is 0. The molecule has 5 heteroatoms. The average Bonchev–Trinajstić information content (AvgIpc) is 2.81. The molecule has 94 valence electrons. The van der Waals surface area contributed by atoms with Gasteiger partial charge in [-0.3, -0.25) is 10.1 Å². The molecule has 0 atom stereocenters. The van der Waals surface area contributed by atoms with Gasteiger partial charge in [-0.15, -0.1) is 11.3 Å². The van der Waals surface area contributed by atoms with Gasteiger partial charge in [-0.25, -0.2) is 0 Å². The Morgan fingerprint density at radius 1 is 1.59 bits per heavy atom.